The smallest absolute Gasteiger partial charge is 0.410 e. The van der Waals surface area contributed by atoms with Gasteiger partial charge in [-0.3, -0.25) is 9.78 Å². The second-order valence-electron chi connectivity index (χ2n) is 11.9. The van der Waals surface area contributed by atoms with Crippen molar-refractivity contribution in [3.05, 3.63) is 96.8 Å². The fraction of sp³-hybridized carbons (Fsp3) is 0.250. The Balaban J connectivity index is 1.33. The standard InChI is InChI=1S/C32H32IN9O5/c1-32(2,3)47-31(46)41-12-10-40(11-13-41)29(44)19-6-4-8-22(14-19)36-26-17-25(35-23-9-5-7-21(33)16-23)38-27-20(18-34-42(26)27)15-24-28(43)39-30(45)37-24/h4-9,14-18,35,43H,10-13H2,1-3H3,(H2,37,39,45). The zero-order valence-electron chi connectivity index (χ0n) is 25.8. The Bertz CT molecular complexity index is 2160. The predicted molar refractivity (Wildman–Crippen MR) is 183 cm³/mol. The molecule has 0 saturated carbocycles. The molecule has 15 heteroatoms. The fourth-order valence-electron chi connectivity index (χ4n) is 5.01. The van der Waals surface area contributed by atoms with Crippen molar-refractivity contribution in [2.75, 3.05) is 31.5 Å². The summed E-state index contributed by atoms with van der Waals surface area (Å²) in [6.45, 7) is 6.99. The Morgan fingerprint density at radius 3 is 2.49 bits per heavy atom. The van der Waals surface area contributed by atoms with Gasteiger partial charge in [-0.15, -0.1) is 0 Å². The lowest BCUT2D eigenvalue weighted by molar-refractivity contribution is 0.0141. The van der Waals surface area contributed by atoms with Gasteiger partial charge in [-0.1, -0.05) is 12.1 Å². The van der Waals surface area contributed by atoms with E-state index in [9.17, 15) is 19.5 Å². The van der Waals surface area contributed by atoms with Crippen LogP contribution in [-0.2, 0) is 4.74 Å². The van der Waals surface area contributed by atoms with Crippen LogP contribution in [0.2, 0.25) is 0 Å². The Labute approximate surface area is 281 Å². The fourth-order valence-corrected chi connectivity index (χ4v) is 5.56. The Morgan fingerprint density at radius 1 is 1.04 bits per heavy atom. The molecule has 4 heterocycles. The Hall–Kier alpha value is -5.19. The molecule has 1 fully saturated rings. The molecular formula is C32H32IN9O5. The van der Waals surface area contributed by atoms with Crippen molar-refractivity contribution in [3.8, 4) is 5.88 Å². The van der Waals surface area contributed by atoms with Gasteiger partial charge in [-0.2, -0.15) is 9.61 Å². The van der Waals surface area contributed by atoms with Crippen LogP contribution in [0, 0.1) is 3.57 Å². The second-order valence-corrected chi connectivity index (χ2v) is 13.1. The zero-order valence-corrected chi connectivity index (χ0v) is 28.0. The molecule has 2 amide bonds. The molecule has 47 heavy (non-hydrogen) atoms. The number of hydrogen-bond acceptors (Lipinski definition) is 9. The second kappa shape index (κ2) is 12.9. The summed E-state index contributed by atoms with van der Waals surface area (Å²) in [5.74, 6) is 0.0125. The summed E-state index contributed by atoms with van der Waals surface area (Å²) in [6, 6.07) is 16.5. The quantitative estimate of drug-likeness (QED) is 0.198. The minimum Gasteiger partial charge on any atom is -0.493 e. The maximum atomic E-state index is 13.5. The number of benzene rings is 2. The van der Waals surface area contributed by atoms with Gasteiger partial charge in [0.1, 0.15) is 17.1 Å². The van der Waals surface area contributed by atoms with Gasteiger partial charge in [-0.05, 0) is 85.8 Å². The number of anilines is 2. The van der Waals surface area contributed by atoms with E-state index in [2.05, 4.69) is 43.0 Å². The molecule has 5 aromatic rings. The van der Waals surface area contributed by atoms with E-state index >= 15 is 0 Å². The third kappa shape index (κ3) is 7.45. The average Bonchev–Trinajstić information content (AvgIpc) is 3.57. The number of piperazine rings is 1. The molecule has 6 rings (SSSR count). The number of hydrogen-bond donors (Lipinski definition) is 4. The highest BCUT2D eigenvalue weighted by molar-refractivity contribution is 14.1. The van der Waals surface area contributed by atoms with Crippen LogP contribution >= 0.6 is 22.6 Å². The van der Waals surface area contributed by atoms with E-state index in [1.165, 1.54) is 4.52 Å². The van der Waals surface area contributed by atoms with Crippen LogP contribution in [-0.4, -0.2) is 83.3 Å². The average molecular weight is 750 g/mol. The number of amides is 2. The molecule has 0 unspecified atom stereocenters. The zero-order chi connectivity index (χ0) is 33.3. The molecule has 0 bridgehead atoms. The number of H-pyrrole nitrogens is 2. The highest BCUT2D eigenvalue weighted by Gasteiger charge is 2.28. The lowest BCUT2D eigenvalue weighted by Gasteiger charge is -2.35. The van der Waals surface area contributed by atoms with Crippen molar-refractivity contribution in [1.82, 2.24) is 34.4 Å². The third-order valence-corrected chi connectivity index (χ3v) is 7.84. The number of aromatic amines is 2. The molecule has 2 aromatic carbocycles. The molecule has 4 N–H and O–H groups in total. The number of rotatable bonds is 5. The molecule has 1 saturated heterocycles. The minimum atomic E-state index is -0.590. The summed E-state index contributed by atoms with van der Waals surface area (Å²) in [5, 5.41) is 18.4. The SMILES string of the molecule is CC(C)(C)OC(=O)N1CCN(C(=O)c2cccc(N=c3cc(Nc4cccc(I)c4)nc4c(=Cc5[nH]c(=O)[nH]c5O)cnn34)c2)CC1. The topological polar surface area (TPSA) is 173 Å². The summed E-state index contributed by atoms with van der Waals surface area (Å²) in [4.78, 5) is 55.4. The van der Waals surface area contributed by atoms with E-state index in [-0.39, 0.29) is 23.6 Å². The monoisotopic (exact) mass is 749 g/mol. The number of fused-ring (bicyclic) bond motifs is 1. The van der Waals surface area contributed by atoms with Crippen molar-refractivity contribution in [3.63, 3.8) is 0 Å². The van der Waals surface area contributed by atoms with E-state index in [4.69, 9.17) is 14.7 Å². The first kappa shape index (κ1) is 31.8. The molecule has 3 aromatic heterocycles. The van der Waals surface area contributed by atoms with Crippen LogP contribution in [0.5, 0.6) is 5.88 Å². The Morgan fingerprint density at radius 2 is 1.79 bits per heavy atom. The van der Waals surface area contributed by atoms with Crippen molar-refractivity contribution in [2.45, 2.75) is 26.4 Å². The first-order valence-corrected chi connectivity index (χ1v) is 15.9. The van der Waals surface area contributed by atoms with E-state index in [1.807, 2.05) is 45.0 Å². The van der Waals surface area contributed by atoms with Gasteiger partial charge in [0, 0.05) is 52.3 Å². The van der Waals surface area contributed by atoms with Crippen molar-refractivity contribution in [2.24, 2.45) is 4.99 Å². The molecule has 1 aliphatic rings. The molecule has 0 aliphatic carbocycles. The summed E-state index contributed by atoms with van der Waals surface area (Å²) in [6.07, 6.45) is 2.73. The highest BCUT2D eigenvalue weighted by Crippen LogP contribution is 2.19. The van der Waals surface area contributed by atoms with Gasteiger partial charge < -0.3 is 29.9 Å². The summed E-state index contributed by atoms with van der Waals surface area (Å²) < 4.78 is 8.05. The predicted octanol–water partition coefficient (Wildman–Crippen LogP) is 3.27. The van der Waals surface area contributed by atoms with Crippen LogP contribution in [0.15, 0.2) is 70.6 Å². The molecule has 0 spiro atoms. The lowest BCUT2D eigenvalue weighted by Crippen LogP contribution is -2.51. The molecule has 1 aliphatic heterocycles. The van der Waals surface area contributed by atoms with Crippen molar-refractivity contribution in [1.29, 1.82) is 0 Å². The van der Waals surface area contributed by atoms with Gasteiger partial charge in [0.05, 0.1) is 11.9 Å². The largest absolute Gasteiger partial charge is 0.493 e. The van der Waals surface area contributed by atoms with E-state index in [0.717, 1.165) is 9.26 Å². The molecular weight excluding hydrogens is 717 g/mol. The number of ether oxygens (including phenoxy) is 1. The van der Waals surface area contributed by atoms with Gasteiger partial charge in [0.2, 0.25) is 5.88 Å². The van der Waals surface area contributed by atoms with Crippen LogP contribution in [0.4, 0.5) is 22.0 Å². The number of aromatic hydroxyl groups is 1. The summed E-state index contributed by atoms with van der Waals surface area (Å²) in [5.41, 5.74) is 1.67. The van der Waals surface area contributed by atoms with Crippen molar-refractivity contribution < 1.29 is 19.4 Å². The van der Waals surface area contributed by atoms with Crippen LogP contribution in [0.1, 0.15) is 36.8 Å². The molecule has 0 atom stereocenters. The number of aromatic nitrogens is 5. The molecule has 0 radical (unpaired) electrons. The van der Waals surface area contributed by atoms with Crippen LogP contribution < -0.4 is 21.7 Å². The van der Waals surface area contributed by atoms with Gasteiger partial charge >= 0.3 is 11.8 Å². The number of halogens is 1. The van der Waals surface area contributed by atoms with Crippen molar-refractivity contribution >= 4 is 63.5 Å². The number of imidazole rings is 1. The minimum absolute atomic E-state index is 0.164. The summed E-state index contributed by atoms with van der Waals surface area (Å²) >= 11 is 2.23. The first-order chi connectivity index (χ1) is 22.4. The van der Waals surface area contributed by atoms with Gasteiger partial charge in [0.25, 0.3) is 5.91 Å². The van der Waals surface area contributed by atoms with E-state index in [1.54, 1.807) is 52.4 Å². The molecule has 242 valence electrons. The van der Waals surface area contributed by atoms with Gasteiger partial charge in [-0.25, -0.2) is 19.6 Å². The van der Waals surface area contributed by atoms with Crippen LogP contribution in [0.25, 0.3) is 11.7 Å². The van der Waals surface area contributed by atoms with Crippen LogP contribution in [0.3, 0.4) is 0 Å². The third-order valence-electron chi connectivity index (χ3n) is 7.17. The number of nitrogens with zero attached hydrogens (tertiary/aromatic N) is 6. The Kier molecular flexibility index (Phi) is 8.72. The number of carbonyl (C=O) groups is 2. The van der Waals surface area contributed by atoms with E-state index < -0.39 is 11.3 Å². The molecule has 14 nitrogen and oxygen atoms in total. The number of carbonyl (C=O) groups excluding carboxylic acids is 2. The maximum Gasteiger partial charge on any atom is 0.410 e. The normalized spacial score (nSPS) is 14.6. The van der Waals surface area contributed by atoms with E-state index in [0.29, 0.717) is 59.6 Å². The number of nitrogens with one attached hydrogen (secondary N) is 3. The van der Waals surface area contributed by atoms with Gasteiger partial charge in [0.15, 0.2) is 11.1 Å². The first-order valence-electron chi connectivity index (χ1n) is 14.8. The lowest BCUT2D eigenvalue weighted by atomic mass is 10.1. The summed E-state index contributed by atoms with van der Waals surface area (Å²) in [7, 11) is 0. The highest BCUT2D eigenvalue weighted by atomic mass is 127. The maximum absolute atomic E-state index is 13.5.